The lowest BCUT2D eigenvalue weighted by molar-refractivity contribution is -0.148. The molecule has 1 amide bonds. The number of nitrogens with zero attached hydrogens (tertiary/aromatic N) is 1. The molecule has 2 rings (SSSR count). The van der Waals surface area contributed by atoms with E-state index in [1.807, 2.05) is 0 Å². The Hall–Kier alpha value is -1.32. The average Bonchev–Trinajstić information content (AvgIpc) is 2.92. The second kappa shape index (κ2) is 2.83. The average molecular weight is 195 g/mol. The van der Waals surface area contributed by atoms with E-state index in [9.17, 15) is 9.59 Å². The van der Waals surface area contributed by atoms with Gasteiger partial charge in [-0.3, -0.25) is 9.59 Å². The van der Waals surface area contributed by atoms with Crippen molar-refractivity contribution in [3.63, 3.8) is 0 Å². The summed E-state index contributed by atoms with van der Waals surface area (Å²) >= 11 is 0. The number of amides is 1. The SMILES string of the molecule is CC1(C(=O)O)C=CC(=O)N(C2CC2)C1. The molecule has 0 aromatic heterocycles. The summed E-state index contributed by atoms with van der Waals surface area (Å²) in [5.41, 5.74) is -0.906. The Morgan fingerprint density at radius 2 is 2.29 bits per heavy atom. The number of carbonyl (C=O) groups is 2. The van der Waals surface area contributed by atoms with Crippen molar-refractivity contribution in [3.8, 4) is 0 Å². The van der Waals surface area contributed by atoms with E-state index in [1.54, 1.807) is 11.8 Å². The van der Waals surface area contributed by atoms with Crippen LogP contribution in [-0.4, -0.2) is 34.5 Å². The zero-order chi connectivity index (χ0) is 10.3. The van der Waals surface area contributed by atoms with Crippen molar-refractivity contribution in [1.29, 1.82) is 0 Å². The summed E-state index contributed by atoms with van der Waals surface area (Å²) in [6.45, 7) is 1.95. The molecule has 1 fully saturated rings. The molecule has 2 aliphatic rings. The van der Waals surface area contributed by atoms with Crippen molar-refractivity contribution in [2.75, 3.05) is 6.54 Å². The molecule has 0 aromatic rings. The molecule has 0 aromatic carbocycles. The summed E-state index contributed by atoms with van der Waals surface area (Å²) in [6, 6.07) is 0.283. The first-order chi connectivity index (χ1) is 6.53. The molecule has 1 N–H and O–H groups in total. The fourth-order valence-electron chi connectivity index (χ4n) is 1.67. The maximum absolute atomic E-state index is 11.4. The van der Waals surface area contributed by atoms with E-state index in [2.05, 4.69) is 0 Å². The van der Waals surface area contributed by atoms with Crippen molar-refractivity contribution in [2.45, 2.75) is 25.8 Å². The van der Waals surface area contributed by atoms with Gasteiger partial charge in [0.15, 0.2) is 0 Å². The number of carbonyl (C=O) groups excluding carboxylic acids is 1. The molecule has 4 nitrogen and oxygen atoms in total. The van der Waals surface area contributed by atoms with Crippen LogP contribution < -0.4 is 0 Å². The van der Waals surface area contributed by atoms with Crippen LogP contribution in [0.3, 0.4) is 0 Å². The third-order valence-corrected chi connectivity index (χ3v) is 2.85. The number of hydrogen-bond acceptors (Lipinski definition) is 2. The molecule has 1 saturated carbocycles. The van der Waals surface area contributed by atoms with Gasteiger partial charge in [0.05, 0.1) is 0 Å². The summed E-state index contributed by atoms with van der Waals surface area (Å²) in [4.78, 5) is 24.1. The zero-order valence-corrected chi connectivity index (χ0v) is 8.06. The number of carboxylic acids is 1. The predicted octanol–water partition coefficient (Wildman–Crippen LogP) is 0.638. The van der Waals surface area contributed by atoms with Crippen molar-refractivity contribution in [2.24, 2.45) is 5.41 Å². The number of rotatable bonds is 2. The highest BCUT2D eigenvalue weighted by molar-refractivity contribution is 5.92. The van der Waals surface area contributed by atoms with E-state index in [0.29, 0.717) is 6.54 Å². The van der Waals surface area contributed by atoms with E-state index in [4.69, 9.17) is 5.11 Å². The summed E-state index contributed by atoms with van der Waals surface area (Å²) in [5, 5.41) is 9.01. The van der Waals surface area contributed by atoms with Gasteiger partial charge in [-0.2, -0.15) is 0 Å². The molecule has 1 heterocycles. The lowest BCUT2D eigenvalue weighted by Gasteiger charge is -2.33. The number of aliphatic carboxylic acids is 1. The highest BCUT2D eigenvalue weighted by Gasteiger charge is 2.42. The molecule has 4 heteroatoms. The van der Waals surface area contributed by atoms with Gasteiger partial charge in [0.2, 0.25) is 5.91 Å². The van der Waals surface area contributed by atoms with Gasteiger partial charge < -0.3 is 10.0 Å². The summed E-state index contributed by atoms with van der Waals surface area (Å²) in [6.07, 6.45) is 4.90. The molecule has 0 spiro atoms. The van der Waals surface area contributed by atoms with E-state index in [0.717, 1.165) is 12.8 Å². The Balaban J connectivity index is 2.21. The van der Waals surface area contributed by atoms with Crippen LogP contribution in [0, 0.1) is 5.41 Å². The minimum Gasteiger partial charge on any atom is -0.481 e. The lowest BCUT2D eigenvalue weighted by Crippen LogP contribution is -2.46. The predicted molar refractivity (Wildman–Crippen MR) is 49.6 cm³/mol. The fourth-order valence-corrected chi connectivity index (χ4v) is 1.67. The number of carboxylic acid groups (broad SMARTS) is 1. The summed E-state index contributed by atoms with van der Waals surface area (Å²) in [7, 11) is 0. The van der Waals surface area contributed by atoms with Gasteiger partial charge in [-0.25, -0.2) is 0 Å². The van der Waals surface area contributed by atoms with E-state index in [1.165, 1.54) is 12.2 Å². The first-order valence-electron chi connectivity index (χ1n) is 4.76. The molecule has 1 atom stereocenters. The monoisotopic (exact) mass is 195 g/mol. The molecule has 1 aliphatic carbocycles. The van der Waals surface area contributed by atoms with Crippen molar-refractivity contribution in [1.82, 2.24) is 4.90 Å². The van der Waals surface area contributed by atoms with Crippen LogP contribution in [-0.2, 0) is 9.59 Å². The molecule has 0 radical (unpaired) electrons. The molecule has 1 unspecified atom stereocenters. The van der Waals surface area contributed by atoms with Crippen LogP contribution in [0.2, 0.25) is 0 Å². The van der Waals surface area contributed by atoms with Gasteiger partial charge in [0.1, 0.15) is 5.41 Å². The first-order valence-corrected chi connectivity index (χ1v) is 4.76. The highest BCUT2D eigenvalue weighted by atomic mass is 16.4. The minimum atomic E-state index is -0.906. The van der Waals surface area contributed by atoms with E-state index >= 15 is 0 Å². The normalized spacial score (nSPS) is 32.1. The van der Waals surface area contributed by atoms with Crippen molar-refractivity contribution < 1.29 is 14.7 Å². The Kier molecular flexibility index (Phi) is 1.87. The smallest absolute Gasteiger partial charge is 0.315 e. The Morgan fingerprint density at radius 3 is 2.79 bits per heavy atom. The quantitative estimate of drug-likeness (QED) is 0.703. The highest BCUT2D eigenvalue weighted by Crippen LogP contribution is 2.33. The van der Waals surface area contributed by atoms with Crippen LogP contribution >= 0.6 is 0 Å². The largest absolute Gasteiger partial charge is 0.481 e. The zero-order valence-electron chi connectivity index (χ0n) is 8.06. The van der Waals surface area contributed by atoms with Gasteiger partial charge in [-0.1, -0.05) is 6.08 Å². The molecular weight excluding hydrogens is 182 g/mol. The van der Waals surface area contributed by atoms with Crippen LogP contribution in [0.4, 0.5) is 0 Å². The van der Waals surface area contributed by atoms with Crippen LogP contribution in [0.1, 0.15) is 19.8 Å². The fraction of sp³-hybridized carbons (Fsp3) is 0.600. The second-order valence-electron chi connectivity index (χ2n) is 4.25. The van der Waals surface area contributed by atoms with Gasteiger partial charge in [-0.15, -0.1) is 0 Å². The van der Waals surface area contributed by atoms with Gasteiger partial charge in [0, 0.05) is 18.7 Å². The number of hydrogen-bond donors (Lipinski definition) is 1. The first kappa shape index (κ1) is 9.24. The molecular formula is C10H13NO3. The Bertz CT molecular complexity index is 319. The Morgan fingerprint density at radius 1 is 1.64 bits per heavy atom. The van der Waals surface area contributed by atoms with Gasteiger partial charge in [0.25, 0.3) is 0 Å². The minimum absolute atomic E-state index is 0.0498. The lowest BCUT2D eigenvalue weighted by atomic mass is 9.87. The second-order valence-corrected chi connectivity index (χ2v) is 4.25. The van der Waals surface area contributed by atoms with Crippen LogP contribution in [0.15, 0.2) is 12.2 Å². The topological polar surface area (TPSA) is 57.6 Å². The van der Waals surface area contributed by atoms with Crippen molar-refractivity contribution in [3.05, 3.63) is 12.2 Å². The third-order valence-electron chi connectivity index (χ3n) is 2.85. The van der Waals surface area contributed by atoms with Crippen LogP contribution in [0.25, 0.3) is 0 Å². The molecule has 76 valence electrons. The summed E-state index contributed by atoms with van der Waals surface area (Å²) < 4.78 is 0. The third kappa shape index (κ3) is 1.41. The van der Waals surface area contributed by atoms with E-state index in [-0.39, 0.29) is 11.9 Å². The molecule has 0 bridgehead atoms. The maximum Gasteiger partial charge on any atom is 0.315 e. The van der Waals surface area contributed by atoms with Crippen molar-refractivity contribution >= 4 is 11.9 Å². The van der Waals surface area contributed by atoms with Gasteiger partial charge in [-0.05, 0) is 19.8 Å². The van der Waals surface area contributed by atoms with E-state index < -0.39 is 11.4 Å². The summed E-state index contributed by atoms with van der Waals surface area (Å²) in [5.74, 6) is -0.918. The van der Waals surface area contributed by atoms with Gasteiger partial charge >= 0.3 is 5.97 Å². The van der Waals surface area contributed by atoms with Crippen LogP contribution in [0.5, 0.6) is 0 Å². The molecule has 14 heavy (non-hydrogen) atoms. The maximum atomic E-state index is 11.4. The molecule has 1 aliphatic heterocycles. The Labute approximate surface area is 82.2 Å². The molecule has 0 saturated heterocycles. The standard InChI is InChI=1S/C10H13NO3/c1-10(9(13)14)5-4-8(12)11(6-10)7-2-3-7/h4-5,7H,2-3,6H2,1H3,(H,13,14).